The molecule has 3 aliphatic rings. The van der Waals surface area contributed by atoms with E-state index in [0.717, 1.165) is 52.8 Å². The van der Waals surface area contributed by atoms with Crippen molar-refractivity contribution in [2.45, 2.75) is 169 Å². The van der Waals surface area contributed by atoms with Gasteiger partial charge in [-0.1, -0.05) is 295 Å². The minimum absolute atomic E-state index is 0.126. The molecule has 0 N–H and O–H groups in total. The van der Waals surface area contributed by atoms with Crippen LogP contribution in [0.15, 0.2) is 365 Å². The quantitative estimate of drug-likeness (QED) is 0.173. The largest absolute Gasteiger partial charge is 0.456 e. The van der Waals surface area contributed by atoms with Crippen molar-refractivity contribution in [3.63, 3.8) is 0 Å². The third kappa shape index (κ3) is 16.9. The Hall–Kier alpha value is -15.0. The third-order valence-electron chi connectivity index (χ3n) is 30.0. The molecule has 0 bridgehead atoms. The van der Waals surface area contributed by atoms with E-state index in [4.69, 9.17) is 13.3 Å². The average Bonchev–Trinajstić information content (AvgIpc) is 1.61. The van der Waals surface area contributed by atoms with Crippen LogP contribution in [0.1, 0.15) is 172 Å². The number of hydrogen-bond donors (Lipinski definition) is 0. The molecule has 0 aliphatic heterocycles. The molecule has 0 saturated heterocycles. The number of aryl methyl sites for hydroxylation is 16. The summed E-state index contributed by atoms with van der Waals surface area (Å²) < 4.78 is 22.1. The van der Waals surface area contributed by atoms with Crippen molar-refractivity contribution >= 4 is 109 Å². The molecule has 684 valence electrons. The Labute approximate surface area is 813 Å². The molecular formula is C133H124N2O3. The molecule has 23 aromatic rings. The highest BCUT2D eigenvalue weighted by atomic mass is 16.3. The summed E-state index contributed by atoms with van der Waals surface area (Å²) in [7, 11) is 0. The van der Waals surface area contributed by atoms with Gasteiger partial charge < -0.3 is 22.4 Å². The molecule has 0 amide bonds. The van der Waals surface area contributed by atoms with Crippen molar-refractivity contribution in [1.82, 2.24) is 9.13 Å². The molecule has 0 fully saturated rings. The second kappa shape index (κ2) is 37.9. The fourth-order valence-electron chi connectivity index (χ4n) is 22.3. The lowest BCUT2D eigenvalue weighted by atomic mass is 9.67. The monoisotopic (exact) mass is 1800 g/mol. The van der Waals surface area contributed by atoms with E-state index in [1.807, 2.05) is 60.7 Å². The van der Waals surface area contributed by atoms with E-state index in [1.54, 1.807) is 11.1 Å². The molecule has 0 radical (unpaired) electrons. The highest BCUT2D eigenvalue weighted by Crippen LogP contribution is 2.52. The molecule has 5 aromatic heterocycles. The molecule has 5 nitrogen and oxygen atoms in total. The number of aromatic nitrogens is 2. The number of rotatable bonds is 2. The van der Waals surface area contributed by atoms with Crippen LogP contribution in [0.4, 0.5) is 0 Å². The molecule has 0 unspecified atom stereocenters. The lowest BCUT2D eigenvalue weighted by Gasteiger charge is -2.36. The zero-order valence-corrected chi connectivity index (χ0v) is 83.7. The first-order valence-corrected chi connectivity index (χ1v) is 48.9. The molecule has 138 heavy (non-hydrogen) atoms. The van der Waals surface area contributed by atoms with E-state index in [9.17, 15) is 0 Å². The van der Waals surface area contributed by atoms with Gasteiger partial charge in [0, 0.05) is 76.1 Å². The van der Waals surface area contributed by atoms with Crippen LogP contribution in [-0.2, 0) is 30.1 Å². The Bertz CT molecular complexity index is 8150. The van der Waals surface area contributed by atoms with E-state index >= 15 is 0 Å². The lowest BCUT2D eigenvalue weighted by molar-refractivity contribution is 0.607. The fraction of sp³-hybridized carbons (Fsp3) is 0.188. The maximum absolute atomic E-state index is 5.81. The Morgan fingerprint density at radius 1 is 0.188 bits per heavy atom. The van der Waals surface area contributed by atoms with Crippen LogP contribution in [0, 0.1) is 111 Å². The summed E-state index contributed by atoms with van der Waals surface area (Å²) in [6.45, 7) is 44.3. The summed E-state index contributed by atoms with van der Waals surface area (Å²) in [6.07, 6.45) is 3.31. The molecular weight excluding hydrogens is 1670 g/mol. The number of furan rings is 3. The topological polar surface area (TPSA) is 49.3 Å². The number of fused-ring (bicyclic) bond motifs is 22. The Morgan fingerprint density at radius 3 is 0.928 bits per heavy atom. The number of benzene rings is 18. The fourth-order valence-corrected chi connectivity index (χ4v) is 22.3. The van der Waals surface area contributed by atoms with Gasteiger partial charge in [0.2, 0.25) is 0 Å². The standard InChI is InChI=1S/2C20H17N.C18H20.C17H18.C16H16.3C14H12O/c1-14-8-6-12-17-19(14)20-15(2)9-7-13-18(20)21(17)16-10-4-3-5-11-16;1-14-12-13-19-20(15(14)2)17-10-6-7-11-18(17)21(19)16-8-4-3-5-9-16;1-12-7-5-9-16-14(12)11-15-13(2)8-6-10-17(15)18(16,3)4;1-11-7-5-9-13-15(11)16-12(2)8-6-10-14(16)17(13,3)4;1-11-5-3-7-13-9-14-8-4-6-12(2)16(14)10-15(11)13;2*1-9-5-3-7-11-13(9)14-10(2)6-4-8-12(14)15-11;1-9-7-8-13-14(10(9)2)11-5-3-4-6-12(11)15-13/h2*3-13H,1-2H3;5-10H,11H2,1-4H3;5-10H,1-4H3;3-8H,9-10H2,1-2H3;3*3-8H,1-2H3. The highest BCUT2D eigenvalue weighted by Gasteiger charge is 2.37. The minimum Gasteiger partial charge on any atom is -0.456 e. The predicted octanol–water partition coefficient (Wildman–Crippen LogP) is 36.4. The van der Waals surface area contributed by atoms with Crippen LogP contribution in [0.3, 0.4) is 0 Å². The van der Waals surface area contributed by atoms with Crippen LogP contribution in [0.25, 0.3) is 132 Å². The van der Waals surface area contributed by atoms with Crippen LogP contribution >= 0.6 is 0 Å². The van der Waals surface area contributed by atoms with Crippen molar-refractivity contribution in [3.05, 3.63) is 496 Å². The predicted molar refractivity (Wildman–Crippen MR) is 589 cm³/mol. The first kappa shape index (κ1) is 92.0. The molecule has 0 spiro atoms. The van der Waals surface area contributed by atoms with Gasteiger partial charge in [0.1, 0.15) is 33.5 Å². The van der Waals surface area contributed by atoms with Crippen molar-refractivity contribution < 1.29 is 13.3 Å². The first-order chi connectivity index (χ1) is 66.7. The van der Waals surface area contributed by atoms with E-state index < -0.39 is 0 Å². The second-order valence-electron chi connectivity index (χ2n) is 39.6. The van der Waals surface area contributed by atoms with E-state index in [0.29, 0.717) is 0 Å². The zero-order valence-electron chi connectivity index (χ0n) is 83.7. The number of nitrogens with zero attached hydrogens (tertiary/aromatic N) is 2. The molecule has 0 saturated carbocycles. The maximum Gasteiger partial charge on any atom is 0.135 e. The van der Waals surface area contributed by atoms with E-state index in [1.165, 1.54) is 232 Å². The molecule has 3 aliphatic carbocycles. The first-order valence-electron chi connectivity index (χ1n) is 48.9. The van der Waals surface area contributed by atoms with Crippen LogP contribution in [0.5, 0.6) is 0 Å². The van der Waals surface area contributed by atoms with Crippen LogP contribution in [0.2, 0.25) is 0 Å². The van der Waals surface area contributed by atoms with Gasteiger partial charge in [-0.2, -0.15) is 0 Å². The van der Waals surface area contributed by atoms with Gasteiger partial charge in [0.15, 0.2) is 0 Å². The summed E-state index contributed by atoms with van der Waals surface area (Å²) in [6, 6.07) is 125. The smallest absolute Gasteiger partial charge is 0.135 e. The van der Waals surface area contributed by atoms with Gasteiger partial charge in [0.25, 0.3) is 0 Å². The zero-order chi connectivity index (χ0) is 96.3. The van der Waals surface area contributed by atoms with Crippen molar-refractivity contribution in [1.29, 1.82) is 0 Å². The van der Waals surface area contributed by atoms with Crippen molar-refractivity contribution in [2.75, 3.05) is 0 Å². The SMILES string of the molecule is Cc1ccc2c(c1C)c1ccccc1n2-c1ccccc1.Cc1ccc2oc3ccccc3c2c1C.Cc1cccc2c1-c1c(C)cccc1C2(C)C.Cc1cccc2c1Cc1c(C)cccc1C2.Cc1cccc2c1Cc1c(C)cccc1C2(C)C.Cc1cccc2c1c1c(C)cccc1n2-c1ccccc1.Cc1cccc2oc3cccc(C)c3c12.Cc1cccc2oc3cccc(C)c3c12. The Kier molecular flexibility index (Phi) is 25.3. The summed E-state index contributed by atoms with van der Waals surface area (Å²) >= 11 is 0. The normalized spacial score (nSPS) is 12.7. The highest BCUT2D eigenvalue weighted by molar-refractivity contribution is 6.14. The molecule has 5 heterocycles. The summed E-state index contributed by atoms with van der Waals surface area (Å²) in [5.74, 6) is 0. The molecule has 5 heteroatoms. The number of hydrogen-bond acceptors (Lipinski definition) is 3. The van der Waals surface area contributed by atoms with Gasteiger partial charge >= 0.3 is 0 Å². The van der Waals surface area contributed by atoms with E-state index in [2.05, 4.69) is 439 Å². The third-order valence-corrected chi connectivity index (χ3v) is 30.0. The Balaban J connectivity index is 0.000000101. The van der Waals surface area contributed by atoms with Gasteiger partial charge in [-0.15, -0.1) is 0 Å². The summed E-state index contributed by atoms with van der Waals surface area (Å²) in [5, 5.41) is 12.9. The van der Waals surface area contributed by atoms with Crippen molar-refractivity contribution in [2.24, 2.45) is 0 Å². The second-order valence-corrected chi connectivity index (χ2v) is 39.6. The van der Waals surface area contributed by atoms with Crippen LogP contribution in [-0.4, -0.2) is 9.13 Å². The van der Waals surface area contributed by atoms with E-state index in [-0.39, 0.29) is 10.8 Å². The molecule has 18 aromatic carbocycles. The maximum atomic E-state index is 5.81. The molecule has 26 rings (SSSR count). The summed E-state index contributed by atoms with van der Waals surface area (Å²) in [4.78, 5) is 0. The number of para-hydroxylation sites is 4. The minimum atomic E-state index is 0.126. The van der Waals surface area contributed by atoms with Crippen LogP contribution < -0.4 is 0 Å². The average molecular weight is 1800 g/mol. The lowest BCUT2D eigenvalue weighted by Crippen LogP contribution is -2.28. The van der Waals surface area contributed by atoms with Gasteiger partial charge in [-0.25, -0.2) is 0 Å². The van der Waals surface area contributed by atoms with Gasteiger partial charge in [0.05, 0.1) is 22.1 Å². The van der Waals surface area contributed by atoms with Gasteiger partial charge in [-0.05, 0) is 371 Å². The van der Waals surface area contributed by atoms with Crippen molar-refractivity contribution in [3.8, 4) is 22.5 Å². The van der Waals surface area contributed by atoms with Gasteiger partial charge in [-0.3, -0.25) is 0 Å². The molecule has 0 atom stereocenters. The summed E-state index contributed by atoms with van der Waals surface area (Å²) in [5.41, 5.74) is 53.4. The Morgan fingerprint density at radius 2 is 0.478 bits per heavy atom.